The number of hydrogen-bond donors (Lipinski definition) is 0. The monoisotopic (exact) mass is 277 g/mol. The van der Waals surface area contributed by atoms with Crippen LogP contribution in [-0.2, 0) is 22.3 Å². The Labute approximate surface area is 118 Å². The van der Waals surface area contributed by atoms with Crippen molar-refractivity contribution in [3.63, 3.8) is 0 Å². The Morgan fingerprint density at radius 2 is 1.65 bits per heavy atom. The van der Waals surface area contributed by atoms with Crippen molar-refractivity contribution in [2.45, 2.75) is 40.0 Å². The molecule has 0 spiro atoms. The lowest BCUT2D eigenvalue weighted by molar-refractivity contribution is 0.0503. The fraction of sp³-hybridized carbons (Fsp3) is 0.533. The van der Waals surface area contributed by atoms with Crippen LogP contribution in [0.2, 0.25) is 0 Å². The summed E-state index contributed by atoms with van der Waals surface area (Å²) in [5.74, 6) is -0.768. The molecule has 1 aliphatic rings. The third-order valence-corrected chi connectivity index (χ3v) is 3.40. The lowest BCUT2D eigenvalue weighted by Crippen LogP contribution is -2.17. The zero-order valence-corrected chi connectivity index (χ0v) is 12.1. The molecule has 20 heavy (non-hydrogen) atoms. The van der Waals surface area contributed by atoms with E-state index < -0.39 is 5.97 Å². The number of fused-ring (bicyclic) bond motifs is 1. The molecule has 1 aromatic heterocycles. The van der Waals surface area contributed by atoms with Gasteiger partial charge in [0.2, 0.25) is 0 Å². The molecule has 0 bridgehead atoms. The third kappa shape index (κ3) is 2.53. The maximum Gasteiger partial charge on any atom is 0.357 e. The van der Waals surface area contributed by atoms with E-state index in [2.05, 4.69) is 4.98 Å². The predicted molar refractivity (Wildman–Crippen MR) is 72.9 cm³/mol. The van der Waals surface area contributed by atoms with Crippen LogP contribution in [-0.4, -0.2) is 30.1 Å². The summed E-state index contributed by atoms with van der Waals surface area (Å²) < 4.78 is 10.1. The van der Waals surface area contributed by atoms with Gasteiger partial charge >= 0.3 is 11.9 Å². The van der Waals surface area contributed by atoms with Gasteiger partial charge in [-0.3, -0.25) is 0 Å². The summed E-state index contributed by atoms with van der Waals surface area (Å²) in [6.07, 6.45) is 2.45. The summed E-state index contributed by atoms with van der Waals surface area (Å²) in [5, 5.41) is 0. The molecule has 0 saturated heterocycles. The van der Waals surface area contributed by atoms with Gasteiger partial charge in [0, 0.05) is 0 Å². The standard InChI is InChI=1S/C15H19NO4/c1-4-19-14(17)12-9(3)16-13(15(18)20-5-2)11-8-6-7-10(11)12/h4-8H2,1-3H3. The molecule has 108 valence electrons. The van der Waals surface area contributed by atoms with E-state index in [1.165, 1.54) is 0 Å². The Balaban J connectivity index is 2.51. The molecular weight excluding hydrogens is 258 g/mol. The predicted octanol–water partition coefficient (Wildman–Crippen LogP) is 2.23. The molecule has 0 unspecified atom stereocenters. The van der Waals surface area contributed by atoms with Gasteiger partial charge in [-0.1, -0.05) is 0 Å². The number of hydrogen-bond acceptors (Lipinski definition) is 5. The van der Waals surface area contributed by atoms with Crippen molar-refractivity contribution in [3.05, 3.63) is 28.1 Å². The quantitative estimate of drug-likeness (QED) is 0.790. The van der Waals surface area contributed by atoms with Crippen LogP contribution in [0.3, 0.4) is 0 Å². The number of aromatic nitrogens is 1. The van der Waals surface area contributed by atoms with Crippen molar-refractivity contribution in [3.8, 4) is 0 Å². The van der Waals surface area contributed by atoms with E-state index in [1.807, 2.05) is 0 Å². The molecule has 0 radical (unpaired) electrons. The van der Waals surface area contributed by atoms with E-state index >= 15 is 0 Å². The molecule has 0 atom stereocenters. The van der Waals surface area contributed by atoms with Gasteiger partial charge in [-0.2, -0.15) is 0 Å². The van der Waals surface area contributed by atoms with Crippen molar-refractivity contribution in [1.82, 2.24) is 4.98 Å². The van der Waals surface area contributed by atoms with Crippen LogP contribution in [0.4, 0.5) is 0 Å². The topological polar surface area (TPSA) is 65.5 Å². The van der Waals surface area contributed by atoms with E-state index in [4.69, 9.17) is 9.47 Å². The molecule has 0 aromatic carbocycles. The van der Waals surface area contributed by atoms with E-state index in [9.17, 15) is 9.59 Å². The van der Waals surface area contributed by atoms with Crippen molar-refractivity contribution in [1.29, 1.82) is 0 Å². The highest BCUT2D eigenvalue weighted by molar-refractivity contribution is 5.96. The minimum Gasteiger partial charge on any atom is -0.462 e. The molecular formula is C15H19NO4. The Kier molecular flexibility index (Phi) is 4.37. The van der Waals surface area contributed by atoms with Crippen LogP contribution < -0.4 is 0 Å². The summed E-state index contributed by atoms with van der Waals surface area (Å²) in [6.45, 7) is 5.90. The summed E-state index contributed by atoms with van der Waals surface area (Å²) >= 11 is 0. The molecule has 0 N–H and O–H groups in total. The normalized spacial score (nSPS) is 12.9. The van der Waals surface area contributed by atoms with Crippen molar-refractivity contribution in [2.24, 2.45) is 0 Å². The van der Waals surface area contributed by atoms with E-state index in [0.29, 0.717) is 30.2 Å². The van der Waals surface area contributed by atoms with Crippen LogP contribution in [0.15, 0.2) is 0 Å². The smallest absolute Gasteiger partial charge is 0.357 e. The van der Waals surface area contributed by atoms with E-state index in [0.717, 1.165) is 30.4 Å². The molecule has 1 aliphatic carbocycles. The van der Waals surface area contributed by atoms with Crippen LogP contribution in [0.5, 0.6) is 0 Å². The maximum absolute atomic E-state index is 12.1. The Bertz CT molecular complexity index is 551. The average Bonchev–Trinajstić information content (AvgIpc) is 2.86. The van der Waals surface area contributed by atoms with Crippen LogP contribution in [0.1, 0.15) is 57.9 Å². The minimum atomic E-state index is -0.413. The van der Waals surface area contributed by atoms with Gasteiger partial charge < -0.3 is 9.47 Å². The fourth-order valence-electron chi connectivity index (χ4n) is 2.63. The van der Waals surface area contributed by atoms with E-state index in [-0.39, 0.29) is 5.97 Å². The lowest BCUT2D eigenvalue weighted by atomic mass is 10.0. The number of ether oxygens (including phenoxy) is 2. The summed E-state index contributed by atoms with van der Waals surface area (Å²) in [4.78, 5) is 28.3. The fourth-order valence-corrected chi connectivity index (χ4v) is 2.63. The third-order valence-electron chi connectivity index (χ3n) is 3.40. The highest BCUT2D eigenvalue weighted by Gasteiger charge is 2.29. The van der Waals surface area contributed by atoms with Gasteiger partial charge in [0.25, 0.3) is 0 Å². The highest BCUT2D eigenvalue weighted by Crippen LogP contribution is 2.30. The number of pyridine rings is 1. The zero-order valence-electron chi connectivity index (χ0n) is 12.1. The first-order chi connectivity index (χ1) is 9.60. The molecule has 0 aliphatic heterocycles. The Morgan fingerprint density at radius 1 is 1.05 bits per heavy atom. The minimum absolute atomic E-state index is 0.313. The van der Waals surface area contributed by atoms with Crippen molar-refractivity contribution in [2.75, 3.05) is 13.2 Å². The molecule has 1 aromatic rings. The van der Waals surface area contributed by atoms with Gasteiger partial charge in [0.05, 0.1) is 24.5 Å². The Morgan fingerprint density at radius 3 is 2.30 bits per heavy atom. The van der Waals surface area contributed by atoms with Crippen LogP contribution in [0.25, 0.3) is 0 Å². The molecule has 0 amide bonds. The largest absolute Gasteiger partial charge is 0.462 e. The molecule has 5 heteroatoms. The molecule has 0 saturated carbocycles. The number of carbonyl (C=O) groups is 2. The lowest BCUT2D eigenvalue weighted by Gasteiger charge is -2.13. The van der Waals surface area contributed by atoms with Crippen LogP contribution in [0, 0.1) is 6.92 Å². The maximum atomic E-state index is 12.1. The van der Waals surface area contributed by atoms with Gasteiger partial charge in [-0.25, -0.2) is 14.6 Å². The van der Waals surface area contributed by atoms with E-state index in [1.54, 1.807) is 20.8 Å². The number of rotatable bonds is 4. The van der Waals surface area contributed by atoms with Crippen molar-refractivity contribution < 1.29 is 19.1 Å². The Hall–Kier alpha value is -1.91. The van der Waals surface area contributed by atoms with Crippen LogP contribution >= 0.6 is 0 Å². The second-order valence-corrected chi connectivity index (χ2v) is 4.67. The first kappa shape index (κ1) is 14.5. The average molecular weight is 277 g/mol. The second-order valence-electron chi connectivity index (χ2n) is 4.67. The first-order valence-electron chi connectivity index (χ1n) is 6.96. The van der Waals surface area contributed by atoms with Crippen molar-refractivity contribution >= 4 is 11.9 Å². The van der Waals surface area contributed by atoms with Gasteiger partial charge in [0.1, 0.15) is 0 Å². The second kappa shape index (κ2) is 6.03. The summed E-state index contributed by atoms with van der Waals surface area (Å²) in [7, 11) is 0. The molecule has 2 rings (SSSR count). The number of esters is 2. The highest BCUT2D eigenvalue weighted by atomic mass is 16.5. The molecule has 5 nitrogen and oxygen atoms in total. The summed E-state index contributed by atoms with van der Waals surface area (Å²) in [5.41, 5.74) is 3.15. The number of aryl methyl sites for hydroxylation is 1. The number of nitrogens with zero attached hydrogens (tertiary/aromatic N) is 1. The SMILES string of the molecule is CCOC(=O)c1nc(C)c(C(=O)OCC)c2c1CCC2. The van der Waals surface area contributed by atoms with Gasteiger partial charge in [0.15, 0.2) is 5.69 Å². The zero-order chi connectivity index (χ0) is 14.7. The van der Waals surface area contributed by atoms with Gasteiger partial charge in [-0.15, -0.1) is 0 Å². The molecule has 1 heterocycles. The first-order valence-corrected chi connectivity index (χ1v) is 6.96. The number of carbonyl (C=O) groups excluding carboxylic acids is 2. The molecule has 0 fully saturated rings. The van der Waals surface area contributed by atoms with Gasteiger partial charge in [-0.05, 0) is 51.2 Å². The summed E-state index contributed by atoms with van der Waals surface area (Å²) in [6, 6.07) is 0.